The Morgan fingerprint density at radius 1 is 1.40 bits per heavy atom. The van der Waals surface area contributed by atoms with E-state index in [-0.39, 0.29) is 0 Å². The van der Waals surface area contributed by atoms with Crippen LogP contribution in [0.4, 0.5) is 0 Å². The Hall–Kier alpha value is -1.21. The van der Waals surface area contributed by atoms with E-state index in [1.165, 1.54) is 0 Å². The first-order valence-electron chi connectivity index (χ1n) is 5.01. The van der Waals surface area contributed by atoms with Crippen molar-refractivity contribution in [3.05, 3.63) is 60.7 Å². The molecule has 0 saturated carbocycles. The van der Waals surface area contributed by atoms with Crippen molar-refractivity contribution in [2.45, 2.75) is 18.2 Å². The lowest BCUT2D eigenvalue weighted by Gasteiger charge is -2.05. The van der Waals surface area contributed by atoms with Crippen LogP contribution in [0.2, 0.25) is 0 Å². The van der Waals surface area contributed by atoms with Crippen LogP contribution in [0.3, 0.4) is 0 Å². The van der Waals surface area contributed by atoms with Gasteiger partial charge in [0.25, 0.3) is 0 Å². The zero-order chi connectivity index (χ0) is 11.1. The molecule has 1 heteroatoms. The molecule has 0 spiro atoms. The van der Waals surface area contributed by atoms with Crippen LogP contribution in [0, 0.1) is 0 Å². The topological polar surface area (TPSA) is 0 Å². The van der Waals surface area contributed by atoms with Crippen molar-refractivity contribution in [1.82, 2.24) is 0 Å². The maximum atomic E-state index is 4.43. The summed E-state index contributed by atoms with van der Waals surface area (Å²) in [5.41, 5.74) is 2.28. The third-order valence-electron chi connectivity index (χ3n) is 2.14. The second kappa shape index (κ2) is 6.31. The van der Waals surface area contributed by atoms with Crippen molar-refractivity contribution in [1.29, 1.82) is 0 Å². The molecule has 0 bridgehead atoms. The number of benzene rings is 1. The van der Waals surface area contributed by atoms with Crippen LogP contribution < -0.4 is 0 Å². The Morgan fingerprint density at radius 2 is 2.13 bits per heavy atom. The summed E-state index contributed by atoms with van der Waals surface area (Å²) < 4.78 is 0. The molecule has 1 aromatic rings. The highest BCUT2D eigenvalue weighted by Gasteiger charge is 1.99. The monoisotopic (exact) mass is 216 g/mol. The Balaban J connectivity index is 2.97. The van der Waals surface area contributed by atoms with Gasteiger partial charge in [0.1, 0.15) is 0 Å². The number of thiol groups is 1. The van der Waals surface area contributed by atoms with E-state index in [4.69, 9.17) is 0 Å². The summed E-state index contributed by atoms with van der Waals surface area (Å²) in [5.74, 6) is 0. The summed E-state index contributed by atoms with van der Waals surface area (Å²) in [6.07, 6.45) is 9.12. The van der Waals surface area contributed by atoms with Crippen LogP contribution in [0.1, 0.15) is 18.9 Å². The van der Waals surface area contributed by atoms with Crippen LogP contribution in [-0.4, -0.2) is 0 Å². The Labute approximate surface area is 97.4 Å². The quantitative estimate of drug-likeness (QED) is 0.427. The predicted octanol–water partition coefficient (Wildman–Crippen LogP) is 4.51. The van der Waals surface area contributed by atoms with Crippen LogP contribution in [0.5, 0.6) is 0 Å². The number of rotatable bonds is 4. The van der Waals surface area contributed by atoms with E-state index in [1.807, 2.05) is 37.3 Å². The van der Waals surface area contributed by atoms with Gasteiger partial charge in [0.2, 0.25) is 0 Å². The molecule has 0 atom stereocenters. The molecular formula is C14H16S. The largest absolute Gasteiger partial charge is 0.143 e. The maximum absolute atomic E-state index is 4.43. The van der Waals surface area contributed by atoms with Gasteiger partial charge in [0.15, 0.2) is 0 Å². The lowest BCUT2D eigenvalue weighted by molar-refractivity contribution is 1.35. The first-order chi connectivity index (χ1) is 7.29. The standard InChI is InChI=1S/C14H16S/c1-3-5-6-9-12(4-2)13-10-7-8-11-14(13)15/h3-5,7-11,15H,2,6H2,1H3/b5-3?,12-9+. The summed E-state index contributed by atoms with van der Waals surface area (Å²) in [5, 5.41) is 0. The van der Waals surface area contributed by atoms with Crippen molar-refractivity contribution in [2.24, 2.45) is 0 Å². The summed E-state index contributed by atoms with van der Waals surface area (Å²) in [4.78, 5) is 0.990. The average Bonchev–Trinajstić information content (AvgIpc) is 2.26. The Bertz CT molecular complexity index is 386. The number of allylic oxidation sites excluding steroid dienone is 5. The minimum Gasteiger partial charge on any atom is -0.143 e. The molecule has 0 aliphatic heterocycles. The molecule has 0 aromatic heterocycles. The SMILES string of the molecule is C=C/C(=C\CC=CC)c1ccccc1S. The molecule has 1 rings (SSSR count). The first kappa shape index (κ1) is 11.9. The fourth-order valence-electron chi connectivity index (χ4n) is 1.35. The highest BCUT2D eigenvalue weighted by Crippen LogP contribution is 2.23. The Morgan fingerprint density at radius 3 is 2.73 bits per heavy atom. The van der Waals surface area contributed by atoms with Crippen LogP contribution >= 0.6 is 12.6 Å². The third-order valence-corrected chi connectivity index (χ3v) is 2.53. The lowest BCUT2D eigenvalue weighted by Crippen LogP contribution is -1.82. The van der Waals surface area contributed by atoms with Gasteiger partial charge in [-0.1, -0.05) is 49.1 Å². The van der Waals surface area contributed by atoms with Crippen molar-refractivity contribution in [3.63, 3.8) is 0 Å². The molecule has 0 aliphatic carbocycles. The van der Waals surface area contributed by atoms with E-state index in [9.17, 15) is 0 Å². The van der Waals surface area contributed by atoms with Crippen LogP contribution in [0.25, 0.3) is 5.57 Å². The summed E-state index contributed by atoms with van der Waals surface area (Å²) in [7, 11) is 0. The second-order valence-corrected chi connectivity index (χ2v) is 3.67. The molecule has 0 saturated heterocycles. The molecule has 0 fully saturated rings. The van der Waals surface area contributed by atoms with Crippen molar-refractivity contribution in [2.75, 3.05) is 0 Å². The molecule has 1 aromatic carbocycles. The van der Waals surface area contributed by atoms with Crippen molar-refractivity contribution in [3.8, 4) is 0 Å². The molecule has 0 aliphatic rings. The normalized spacial score (nSPS) is 12.0. The van der Waals surface area contributed by atoms with E-state index in [0.717, 1.165) is 22.5 Å². The van der Waals surface area contributed by atoms with Gasteiger partial charge in [-0.2, -0.15) is 0 Å². The number of hydrogen-bond donors (Lipinski definition) is 1. The van der Waals surface area contributed by atoms with E-state index in [0.29, 0.717) is 0 Å². The Kier molecular flexibility index (Phi) is 4.99. The summed E-state index contributed by atoms with van der Waals surface area (Å²) in [6.45, 7) is 5.85. The van der Waals surface area contributed by atoms with E-state index in [1.54, 1.807) is 0 Å². The smallest absolute Gasteiger partial charge is 0.0118 e. The van der Waals surface area contributed by atoms with Gasteiger partial charge in [-0.25, -0.2) is 0 Å². The zero-order valence-corrected chi connectivity index (χ0v) is 9.87. The van der Waals surface area contributed by atoms with Gasteiger partial charge in [-0.15, -0.1) is 12.6 Å². The third kappa shape index (κ3) is 3.45. The van der Waals surface area contributed by atoms with Gasteiger partial charge in [-0.05, 0) is 30.5 Å². The molecule has 0 N–H and O–H groups in total. The summed E-state index contributed by atoms with van der Waals surface area (Å²) in [6, 6.07) is 8.05. The highest BCUT2D eigenvalue weighted by molar-refractivity contribution is 7.80. The average molecular weight is 216 g/mol. The molecule has 78 valence electrons. The second-order valence-electron chi connectivity index (χ2n) is 3.19. The van der Waals surface area contributed by atoms with Crippen LogP contribution in [0.15, 0.2) is 60.0 Å². The van der Waals surface area contributed by atoms with E-state index >= 15 is 0 Å². The van der Waals surface area contributed by atoms with Gasteiger partial charge in [0, 0.05) is 4.90 Å². The minimum atomic E-state index is 0.931. The highest BCUT2D eigenvalue weighted by atomic mass is 32.1. The van der Waals surface area contributed by atoms with Gasteiger partial charge in [0.05, 0.1) is 0 Å². The lowest BCUT2D eigenvalue weighted by atomic mass is 10.0. The number of hydrogen-bond acceptors (Lipinski definition) is 1. The molecule has 15 heavy (non-hydrogen) atoms. The van der Waals surface area contributed by atoms with Gasteiger partial charge in [-0.3, -0.25) is 0 Å². The molecule has 0 amide bonds. The van der Waals surface area contributed by atoms with Crippen LogP contribution in [-0.2, 0) is 0 Å². The van der Waals surface area contributed by atoms with Gasteiger partial charge < -0.3 is 0 Å². The van der Waals surface area contributed by atoms with Crippen molar-refractivity contribution < 1.29 is 0 Å². The summed E-state index contributed by atoms with van der Waals surface area (Å²) >= 11 is 4.43. The van der Waals surface area contributed by atoms with E-state index < -0.39 is 0 Å². The van der Waals surface area contributed by atoms with Crippen molar-refractivity contribution >= 4 is 18.2 Å². The predicted molar refractivity (Wildman–Crippen MR) is 71.3 cm³/mol. The fourth-order valence-corrected chi connectivity index (χ4v) is 1.64. The maximum Gasteiger partial charge on any atom is 0.0118 e. The molecular weight excluding hydrogens is 200 g/mol. The molecule has 0 radical (unpaired) electrons. The molecule has 0 nitrogen and oxygen atoms in total. The first-order valence-corrected chi connectivity index (χ1v) is 5.46. The van der Waals surface area contributed by atoms with Gasteiger partial charge >= 0.3 is 0 Å². The minimum absolute atomic E-state index is 0.931. The molecule has 0 unspecified atom stereocenters. The fraction of sp³-hybridized carbons (Fsp3) is 0.143. The molecule has 0 heterocycles. The van der Waals surface area contributed by atoms with E-state index in [2.05, 4.69) is 37.4 Å². The zero-order valence-electron chi connectivity index (χ0n) is 8.98.